The Bertz CT molecular complexity index is 907. The maximum absolute atomic E-state index is 12.1. The van der Waals surface area contributed by atoms with E-state index in [1.165, 1.54) is 0 Å². The van der Waals surface area contributed by atoms with Gasteiger partial charge in [0, 0.05) is 24.8 Å². The fourth-order valence-corrected chi connectivity index (χ4v) is 3.14. The van der Waals surface area contributed by atoms with E-state index in [1.807, 2.05) is 24.4 Å². The molecule has 3 heterocycles. The predicted octanol–water partition coefficient (Wildman–Crippen LogP) is 2.52. The molecule has 3 N–H and O–H groups in total. The quantitative estimate of drug-likeness (QED) is 0.772. The van der Waals surface area contributed by atoms with Crippen LogP contribution in [0.25, 0.3) is 5.57 Å². The van der Waals surface area contributed by atoms with Gasteiger partial charge in [0.1, 0.15) is 18.2 Å². The molecule has 0 aliphatic carbocycles. The van der Waals surface area contributed by atoms with E-state index in [9.17, 15) is 4.79 Å². The molecule has 1 amide bonds. The van der Waals surface area contributed by atoms with Crippen LogP contribution in [0, 0.1) is 5.92 Å². The molecule has 7 heteroatoms. The Kier molecular flexibility index (Phi) is 4.66. The smallest absolute Gasteiger partial charge is 0.255 e. The van der Waals surface area contributed by atoms with Gasteiger partial charge in [-0.1, -0.05) is 26.0 Å². The van der Waals surface area contributed by atoms with Gasteiger partial charge >= 0.3 is 0 Å². The summed E-state index contributed by atoms with van der Waals surface area (Å²) in [7, 11) is 0. The highest BCUT2D eigenvalue weighted by atomic mass is 16.5. The maximum Gasteiger partial charge on any atom is 0.255 e. The molecule has 27 heavy (non-hydrogen) atoms. The Hall–Kier alpha value is -3.09. The third-order valence-electron chi connectivity index (χ3n) is 4.51. The molecule has 1 aromatic carbocycles. The number of anilines is 2. The zero-order valence-corrected chi connectivity index (χ0v) is 15.5. The third kappa shape index (κ3) is 3.58. The number of benzene rings is 1. The number of amides is 1. The van der Waals surface area contributed by atoms with Crippen LogP contribution in [-0.4, -0.2) is 42.1 Å². The largest absolute Gasteiger partial charge is 0.491 e. The molecule has 2 aromatic rings. The van der Waals surface area contributed by atoms with Crippen LogP contribution in [0.1, 0.15) is 35.3 Å². The number of carbonyl (C=O) groups excluding carboxylic acids is 1. The second-order valence-corrected chi connectivity index (χ2v) is 7.04. The zero-order valence-electron chi connectivity index (χ0n) is 15.5. The van der Waals surface area contributed by atoms with Crippen molar-refractivity contribution < 1.29 is 9.53 Å². The first-order valence-corrected chi connectivity index (χ1v) is 9.22. The lowest BCUT2D eigenvalue weighted by Gasteiger charge is -2.20. The van der Waals surface area contributed by atoms with E-state index in [4.69, 9.17) is 4.74 Å². The van der Waals surface area contributed by atoms with E-state index < -0.39 is 0 Å². The fraction of sp³-hybridized carbons (Fsp3) is 0.350. The minimum absolute atomic E-state index is 0.0991. The summed E-state index contributed by atoms with van der Waals surface area (Å²) in [4.78, 5) is 21.2. The number of nitrogens with zero attached hydrogens (tertiary/aromatic N) is 2. The van der Waals surface area contributed by atoms with E-state index in [-0.39, 0.29) is 5.91 Å². The van der Waals surface area contributed by atoms with Crippen molar-refractivity contribution >= 4 is 23.2 Å². The van der Waals surface area contributed by atoms with Crippen molar-refractivity contribution in [2.24, 2.45) is 5.92 Å². The Labute approximate surface area is 158 Å². The topological polar surface area (TPSA) is 88.2 Å². The summed E-state index contributed by atoms with van der Waals surface area (Å²) < 4.78 is 5.74. The van der Waals surface area contributed by atoms with Gasteiger partial charge in [0.25, 0.3) is 5.91 Å². The lowest BCUT2D eigenvalue weighted by molar-refractivity contribution is 0.0957. The standard InChI is InChI=1S/C20H23N5O2/c1-12(2)10-23-20-24-11-16-14(5-6-21-18(16)25-20)13-3-4-15-17(9-13)27-8-7-22-19(15)26/h3-5,9,11-12H,6-8,10H2,1-2H3,(H,22,26)(H2,21,23,24,25). The van der Waals surface area contributed by atoms with Crippen molar-refractivity contribution in [3.63, 3.8) is 0 Å². The molecule has 2 aliphatic rings. The second kappa shape index (κ2) is 7.26. The van der Waals surface area contributed by atoms with Crippen LogP contribution in [0.3, 0.4) is 0 Å². The van der Waals surface area contributed by atoms with E-state index in [2.05, 4.69) is 45.8 Å². The van der Waals surface area contributed by atoms with Crippen molar-refractivity contribution in [2.45, 2.75) is 13.8 Å². The summed E-state index contributed by atoms with van der Waals surface area (Å²) in [5.41, 5.74) is 3.53. The normalized spacial score (nSPS) is 15.5. The Morgan fingerprint density at radius 2 is 2.15 bits per heavy atom. The first-order valence-electron chi connectivity index (χ1n) is 9.22. The first kappa shape index (κ1) is 17.3. The number of aromatic nitrogens is 2. The van der Waals surface area contributed by atoms with Crippen molar-refractivity contribution in [3.05, 3.63) is 47.2 Å². The van der Waals surface area contributed by atoms with Crippen LogP contribution in [0.2, 0.25) is 0 Å². The first-order chi connectivity index (χ1) is 13.1. The maximum atomic E-state index is 12.1. The van der Waals surface area contributed by atoms with Gasteiger partial charge in [-0.15, -0.1) is 0 Å². The van der Waals surface area contributed by atoms with Gasteiger partial charge in [0.2, 0.25) is 5.95 Å². The van der Waals surface area contributed by atoms with Gasteiger partial charge in [0.05, 0.1) is 12.1 Å². The fourth-order valence-electron chi connectivity index (χ4n) is 3.14. The van der Waals surface area contributed by atoms with Crippen LogP contribution >= 0.6 is 0 Å². The van der Waals surface area contributed by atoms with Crippen molar-refractivity contribution in [2.75, 3.05) is 36.9 Å². The molecular weight excluding hydrogens is 342 g/mol. The summed E-state index contributed by atoms with van der Waals surface area (Å²) in [6, 6.07) is 5.68. The molecule has 7 nitrogen and oxygen atoms in total. The highest BCUT2D eigenvalue weighted by Crippen LogP contribution is 2.34. The number of nitrogens with one attached hydrogen (secondary N) is 3. The summed E-state index contributed by atoms with van der Waals surface area (Å²) in [5.74, 6) is 2.46. The zero-order chi connectivity index (χ0) is 18.8. The lowest BCUT2D eigenvalue weighted by atomic mass is 9.95. The highest BCUT2D eigenvalue weighted by molar-refractivity contribution is 5.98. The monoisotopic (exact) mass is 365 g/mol. The molecule has 0 atom stereocenters. The van der Waals surface area contributed by atoms with E-state index in [0.717, 1.165) is 29.1 Å². The number of ether oxygens (including phenoxy) is 1. The average Bonchev–Trinajstić information content (AvgIpc) is 2.86. The molecule has 0 fully saturated rings. The summed E-state index contributed by atoms with van der Waals surface area (Å²) >= 11 is 0. The molecular formula is C20H23N5O2. The Morgan fingerprint density at radius 3 is 3.00 bits per heavy atom. The van der Waals surface area contributed by atoms with Gasteiger partial charge in [0.15, 0.2) is 0 Å². The van der Waals surface area contributed by atoms with Crippen LogP contribution in [-0.2, 0) is 0 Å². The van der Waals surface area contributed by atoms with Gasteiger partial charge in [-0.3, -0.25) is 4.79 Å². The molecule has 0 saturated carbocycles. The van der Waals surface area contributed by atoms with E-state index in [1.54, 1.807) is 0 Å². The summed E-state index contributed by atoms with van der Waals surface area (Å²) in [5, 5.41) is 9.39. The van der Waals surface area contributed by atoms with Gasteiger partial charge in [-0.2, -0.15) is 4.98 Å². The number of rotatable bonds is 4. The Balaban J connectivity index is 1.65. The van der Waals surface area contributed by atoms with Crippen molar-refractivity contribution in [3.8, 4) is 5.75 Å². The molecule has 4 rings (SSSR count). The van der Waals surface area contributed by atoms with Gasteiger partial charge in [-0.05, 0) is 29.2 Å². The lowest BCUT2D eigenvalue weighted by Crippen LogP contribution is -2.24. The van der Waals surface area contributed by atoms with Gasteiger partial charge in [-0.25, -0.2) is 4.98 Å². The van der Waals surface area contributed by atoms with Gasteiger partial charge < -0.3 is 20.7 Å². The molecule has 0 saturated heterocycles. The van der Waals surface area contributed by atoms with Crippen LogP contribution in [0.15, 0.2) is 30.5 Å². The Morgan fingerprint density at radius 1 is 1.26 bits per heavy atom. The molecule has 0 radical (unpaired) electrons. The minimum Gasteiger partial charge on any atom is -0.491 e. The van der Waals surface area contributed by atoms with E-state index >= 15 is 0 Å². The van der Waals surface area contributed by atoms with Crippen molar-refractivity contribution in [1.82, 2.24) is 15.3 Å². The second-order valence-electron chi connectivity index (χ2n) is 7.04. The molecule has 0 bridgehead atoms. The number of hydrogen-bond donors (Lipinski definition) is 3. The highest BCUT2D eigenvalue weighted by Gasteiger charge is 2.21. The van der Waals surface area contributed by atoms with Crippen LogP contribution in [0.5, 0.6) is 5.75 Å². The summed E-state index contributed by atoms with van der Waals surface area (Å²) in [6.45, 7) is 6.77. The van der Waals surface area contributed by atoms with Crippen LogP contribution in [0.4, 0.5) is 11.8 Å². The predicted molar refractivity (Wildman–Crippen MR) is 105 cm³/mol. The molecule has 1 aromatic heterocycles. The molecule has 0 spiro atoms. The minimum atomic E-state index is -0.0991. The molecule has 140 valence electrons. The number of carbonyl (C=O) groups is 1. The average molecular weight is 365 g/mol. The van der Waals surface area contributed by atoms with Crippen molar-refractivity contribution in [1.29, 1.82) is 0 Å². The van der Waals surface area contributed by atoms with Crippen LogP contribution < -0.4 is 20.7 Å². The third-order valence-corrected chi connectivity index (χ3v) is 4.51. The molecule has 2 aliphatic heterocycles. The molecule has 0 unspecified atom stereocenters. The van der Waals surface area contributed by atoms with E-state index in [0.29, 0.717) is 42.9 Å². The number of fused-ring (bicyclic) bond motifs is 2. The number of hydrogen-bond acceptors (Lipinski definition) is 6. The SMILES string of the molecule is CC(C)CNc1ncc2c(n1)NCC=C2c1ccc2c(c1)OCCNC2=O. The summed E-state index contributed by atoms with van der Waals surface area (Å²) in [6.07, 6.45) is 3.94.